The standard InChI is InChI=1S/C20H26FN3O2/c1-3-22-20(24-13-16-8-4-5-9-17(16)14-25)23-12-15(2)26-19-11-7-6-10-18(19)21/h4-11,15,25H,3,12-14H2,1-2H3,(H2,22,23,24). The molecule has 0 saturated carbocycles. The van der Waals surface area contributed by atoms with E-state index in [2.05, 4.69) is 15.6 Å². The predicted molar refractivity (Wildman–Crippen MR) is 102 cm³/mol. The molecule has 1 unspecified atom stereocenters. The first-order valence-electron chi connectivity index (χ1n) is 8.75. The maximum Gasteiger partial charge on any atom is 0.191 e. The summed E-state index contributed by atoms with van der Waals surface area (Å²) in [6.45, 7) is 5.48. The number of para-hydroxylation sites is 1. The summed E-state index contributed by atoms with van der Waals surface area (Å²) in [5.41, 5.74) is 1.84. The van der Waals surface area contributed by atoms with Crippen LogP contribution in [0.15, 0.2) is 53.5 Å². The maximum absolute atomic E-state index is 13.6. The number of halogens is 1. The normalized spacial score (nSPS) is 12.5. The third-order valence-corrected chi connectivity index (χ3v) is 3.76. The number of benzene rings is 2. The minimum absolute atomic E-state index is 0.0107. The first-order chi connectivity index (χ1) is 12.6. The van der Waals surface area contributed by atoms with Gasteiger partial charge in [0.15, 0.2) is 17.5 Å². The first-order valence-corrected chi connectivity index (χ1v) is 8.75. The molecule has 3 N–H and O–H groups in total. The van der Waals surface area contributed by atoms with Crippen LogP contribution in [0, 0.1) is 5.82 Å². The van der Waals surface area contributed by atoms with Gasteiger partial charge in [0.1, 0.15) is 6.10 Å². The smallest absolute Gasteiger partial charge is 0.191 e. The molecule has 0 bridgehead atoms. The van der Waals surface area contributed by atoms with E-state index in [1.807, 2.05) is 38.1 Å². The Hall–Kier alpha value is -2.60. The molecule has 0 amide bonds. The lowest BCUT2D eigenvalue weighted by atomic mass is 10.1. The van der Waals surface area contributed by atoms with Crippen molar-refractivity contribution in [2.45, 2.75) is 33.1 Å². The SMILES string of the molecule is CCNC(=NCc1ccccc1CO)NCC(C)Oc1ccccc1F. The van der Waals surface area contributed by atoms with Gasteiger partial charge in [-0.25, -0.2) is 9.38 Å². The summed E-state index contributed by atoms with van der Waals surface area (Å²) in [7, 11) is 0. The Kier molecular flexibility index (Phi) is 7.89. The largest absolute Gasteiger partial charge is 0.486 e. The highest BCUT2D eigenvalue weighted by molar-refractivity contribution is 5.79. The number of guanidine groups is 1. The van der Waals surface area contributed by atoms with Gasteiger partial charge in [0, 0.05) is 6.54 Å². The van der Waals surface area contributed by atoms with Crippen LogP contribution < -0.4 is 15.4 Å². The van der Waals surface area contributed by atoms with Gasteiger partial charge in [-0.05, 0) is 37.1 Å². The van der Waals surface area contributed by atoms with E-state index in [4.69, 9.17) is 4.74 Å². The van der Waals surface area contributed by atoms with Gasteiger partial charge in [0.2, 0.25) is 0 Å². The molecule has 0 saturated heterocycles. The van der Waals surface area contributed by atoms with E-state index in [0.29, 0.717) is 19.0 Å². The number of rotatable bonds is 8. The molecule has 0 radical (unpaired) electrons. The minimum atomic E-state index is -0.375. The van der Waals surface area contributed by atoms with E-state index in [9.17, 15) is 9.50 Å². The molecular formula is C20H26FN3O2. The van der Waals surface area contributed by atoms with Crippen LogP contribution in [0.3, 0.4) is 0 Å². The highest BCUT2D eigenvalue weighted by Crippen LogP contribution is 2.16. The molecule has 0 aliphatic carbocycles. The van der Waals surface area contributed by atoms with Crippen molar-refractivity contribution in [3.8, 4) is 5.75 Å². The Morgan fingerprint density at radius 2 is 1.81 bits per heavy atom. The maximum atomic E-state index is 13.6. The molecule has 2 aromatic carbocycles. The summed E-state index contributed by atoms with van der Waals surface area (Å²) in [5.74, 6) is 0.505. The molecule has 1 atom stereocenters. The van der Waals surface area contributed by atoms with Crippen LogP contribution in [0.25, 0.3) is 0 Å². The monoisotopic (exact) mass is 359 g/mol. The van der Waals surface area contributed by atoms with E-state index in [1.54, 1.807) is 18.2 Å². The van der Waals surface area contributed by atoms with Gasteiger partial charge >= 0.3 is 0 Å². The molecule has 0 heterocycles. The van der Waals surface area contributed by atoms with Crippen LogP contribution >= 0.6 is 0 Å². The highest BCUT2D eigenvalue weighted by Gasteiger charge is 2.09. The minimum Gasteiger partial charge on any atom is -0.486 e. The third kappa shape index (κ3) is 6.04. The second-order valence-corrected chi connectivity index (χ2v) is 5.86. The van der Waals surface area contributed by atoms with Gasteiger partial charge in [0.25, 0.3) is 0 Å². The van der Waals surface area contributed by atoms with Crippen molar-refractivity contribution in [3.63, 3.8) is 0 Å². The Morgan fingerprint density at radius 3 is 2.50 bits per heavy atom. The Balaban J connectivity index is 1.93. The van der Waals surface area contributed by atoms with Gasteiger partial charge in [-0.2, -0.15) is 0 Å². The van der Waals surface area contributed by atoms with E-state index in [1.165, 1.54) is 6.07 Å². The van der Waals surface area contributed by atoms with Crippen molar-refractivity contribution in [2.75, 3.05) is 13.1 Å². The van der Waals surface area contributed by atoms with Crippen LogP contribution in [0.1, 0.15) is 25.0 Å². The van der Waals surface area contributed by atoms with Gasteiger partial charge in [0.05, 0.1) is 19.7 Å². The fourth-order valence-electron chi connectivity index (χ4n) is 2.41. The molecule has 2 aromatic rings. The number of nitrogens with zero attached hydrogens (tertiary/aromatic N) is 1. The number of aliphatic hydroxyl groups excluding tert-OH is 1. The molecule has 0 fully saturated rings. The zero-order valence-corrected chi connectivity index (χ0v) is 15.2. The number of aliphatic imine (C=N–C) groups is 1. The van der Waals surface area contributed by atoms with E-state index in [-0.39, 0.29) is 24.3 Å². The molecule has 2 rings (SSSR count). The van der Waals surface area contributed by atoms with E-state index >= 15 is 0 Å². The topological polar surface area (TPSA) is 65.9 Å². The second-order valence-electron chi connectivity index (χ2n) is 5.86. The average molecular weight is 359 g/mol. The summed E-state index contributed by atoms with van der Waals surface area (Å²) < 4.78 is 19.3. The van der Waals surface area contributed by atoms with Gasteiger partial charge < -0.3 is 20.5 Å². The lowest BCUT2D eigenvalue weighted by Gasteiger charge is -2.18. The molecule has 0 aromatic heterocycles. The average Bonchev–Trinajstić information content (AvgIpc) is 2.66. The van der Waals surface area contributed by atoms with Crippen molar-refractivity contribution >= 4 is 5.96 Å². The van der Waals surface area contributed by atoms with E-state index in [0.717, 1.165) is 17.7 Å². The number of aliphatic hydroxyl groups is 1. The molecule has 0 spiro atoms. The van der Waals surface area contributed by atoms with E-state index < -0.39 is 0 Å². The summed E-state index contributed by atoms with van der Waals surface area (Å²) in [4.78, 5) is 4.54. The molecule has 6 heteroatoms. The Bertz CT molecular complexity index is 722. The molecule has 0 aliphatic heterocycles. The molecular weight excluding hydrogens is 333 g/mol. The van der Waals surface area contributed by atoms with Crippen LogP contribution in [0.4, 0.5) is 4.39 Å². The lowest BCUT2D eigenvalue weighted by Crippen LogP contribution is -2.41. The zero-order chi connectivity index (χ0) is 18.8. The van der Waals surface area contributed by atoms with Crippen molar-refractivity contribution < 1.29 is 14.2 Å². The predicted octanol–water partition coefficient (Wildman–Crippen LogP) is 2.84. The Labute approximate surface area is 153 Å². The number of hydrogen-bond acceptors (Lipinski definition) is 3. The second kappa shape index (κ2) is 10.4. The highest BCUT2D eigenvalue weighted by atomic mass is 19.1. The van der Waals surface area contributed by atoms with Crippen LogP contribution in [-0.2, 0) is 13.2 Å². The number of hydrogen-bond donors (Lipinski definition) is 3. The fourth-order valence-corrected chi connectivity index (χ4v) is 2.41. The third-order valence-electron chi connectivity index (χ3n) is 3.76. The van der Waals surface area contributed by atoms with Crippen LogP contribution in [-0.4, -0.2) is 30.3 Å². The van der Waals surface area contributed by atoms with Gasteiger partial charge in [-0.15, -0.1) is 0 Å². The first kappa shape index (κ1) is 19.7. The van der Waals surface area contributed by atoms with Crippen molar-refractivity contribution in [2.24, 2.45) is 4.99 Å². The Morgan fingerprint density at radius 1 is 1.12 bits per heavy atom. The molecule has 140 valence electrons. The zero-order valence-electron chi connectivity index (χ0n) is 15.2. The van der Waals surface area contributed by atoms with Crippen LogP contribution in [0.5, 0.6) is 5.75 Å². The van der Waals surface area contributed by atoms with Gasteiger partial charge in [-0.3, -0.25) is 0 Å². The van der Waals surface area contributed by atoms with Crippen molar-refractivity contribution in [1.82, 2.24) is 10.6 Å². The quantitative estimate of drug-likeness (QED) is 0.501. The van der Waals surface area contributed by atoms with Gasteiger partial charge in [-0.1, -0.05) is 36.4 Å². The number of nitrogens with one attached hydrogen (secondary N) is 2. The van der Waals surface area contributed by atoms with Crippen molar-refractivity contribution in [1.29, 1.82) is 0 Å². The molecule has 5 nitrogen and oxygen atoms in total. The lowest BCUT2D eigenvalue weighted by molar-refractivity contribution is 0.214. The van der Waals surface area contributed by atoms with Crippen molar-refractivity contribution in [3.05, 3.63) is 65.5 Å². The van der Waals surface area contributed by atoms with Crippen LogP contribution in [0.2, 0.25) is 0 Å². The summed E-state index contributed by atoms with van der Waals surface area (Å²) in [6.07, 6.45) is -0.236. The fraction of sp³-hybridized carbons (Fsp3) is 0.350. The summed E-state index contributed by atoms with van der Waals surface area (Å²) in [6, 6.07) is 14.0. The molecule has 0 aliphatic rings. The summed E-state index contributed by atoms with van der Waals surface area (Å²) >= 11 is 0. The summed E-state index contributed by atoms with van der Waals surface area (Å²) in [5, 5.41) is 15.8. The number of ether oxygens (including phenoxy) is 1. The molecule has 26 heavy (non-hydrogen) atoms.